The zero-order valence-electron chi connectivity index (χ0n) is 18.5. The topological polar surface area (TPSA) is 84.3 Å². The van der Waals surface area contributed by atoms with Gasteiger partial charge in [-0.3, -0.25) is 9.80 Å². The van der Waals surface area contributed by atoms with Crippen molar-refractivity contribution >= 4 is 0 Å². The molecule has 2 aromatic heterocycles. The Hall–Kier alpha value is -1.80. The molecule has 3 heterocycles. The van der Waals surface area contributed by atoms with Crippen molar-refractivity contribution < 1.29 is 9.05 Å². The molecule has 0 bridgehead atoms. The molecular weight excluding hydrogens is 356 g/mol. The lowest BCUT2D eigenvalue weighted by atomic mass is 9.96. The molecule has 0 saturated carbocycles. The van der Waals surface area contributed by atoms with E-state index in [0.29, 0.717) is 11.8 Å². The lowest BCUT2D eigenvalue weighted by Crippen LogP contribution is -2.47. The largest absolute Gasteiger partial charge is 0.338 e. The lowest BCUT2D eigenvalue weighted by molar-refractivity contribution is 0.0588. The first-order chi connectivity index (χ1) is 13.0. The molecule has 1 fully saturated rings. The molecule has 1 saturated heterocycles. The summed E-state index contributed by atoms with van der Waals surface area (Å²) in [4.78, 5) is 14.0. The molecule has 0 aliphatic carbocycles. The number of hydrogen-bond donors (Lipinski definition) is 0. The van der Waals surface area contributed by atoms with Gasteiger partial charge in [-0.05, 0) is 13.8 Å². The number of nitrogens with zero attached hydrogens (tertiary/aromatic N) is 6. The maximum absolute atomic E-state index is 5.53. The van der Waals surface area contributed by atoms with Gasteiger partial charge in [0.1, 0.15) is 0 Å². The Kier molecular flexibility index (Phi) is 5.64. The van der Waals surface area contributed by atoms with E-state index in [2.05, 4.69) is 85.5 Å². The van der Waals surface area contributed by atoms with Crippen molar-refractivity contribution in [2.45, 2.75) is 78.3 Å². The molecule has 0 aromatic carbocycles. The van der Waals surface area contributed by atoms with Crippen LogP contribution in [0.15, 0.2) is 9.05 Å². The second-order valence-corrected chi connectivity index (χ2v) is 9.84. The van der Waals surface area contributed by atoms with E-state index in [0.717, 1.165) is 37.8 Å². The van der Waals surface area contributed by atoms with Gasteiger partial charge < -0.3 is 9.05 Å². The number of rotatable bonds is 4. The molecule has 2 aromatic rings. The summed E-state index contributed by atoms with van der Waals surface area (Å²) >= 11 is 0. The summed E-state index contributed by atoms with van der Waals surface area (Å²) in [6.07, 6.45) is 0. The fraction of sp³-hybridized carbons (Fsp3) is 0.800. The Labute approximate surface area is 167 Å². The van der Waals surface area contributed by atoms with Crippen LogP contribution >= 0.6 is 0 Å². The molecule has 2 unspecified atom stereocenters. The van der Waals surface area contributed by atoms with Crippen LogP contribution in [-0.4, -0.2) is 56.3 Å². The molecule has 0 spiro atoms. The maximum Gasteiger partial charge on any atom is 0.243 e. The van der Waals surface area contributed by atoms with Gasteiger partial charge in [0.15, 0.2) is 11.6 Å². The van der Waals surface area contributed by atoms with E-state index in [1.165, 1.54) is 0 Å². The molecule has 0 N–H and O–H groups in total. The van der Waals surface area contributed by atoms with Crippen LogP contribution in [0.3, 0.4) is 0 Å². The van der Waals surface area contributed by atoms with Crippen molar-refractivity contribution in [1.82, 2.24) is 30.1 Å². The average Bonchev–Trinajstić information content (AvgIpc) is 3.29. The van der Waals surface area contributed by atoms with Crippen molar-refractivity contribution in [3.8, 4) is 0 Å². The van der Waals surface area contributed by atoms with Crippen LogP contribution in [0.4, 0.5) is 0 Å². The quantitative estimate of drug-likeness (QED) is 0.784. The van der Waals surface area contributed by atoms with E-state index in [1.807, 2.05) is 0 Å². The Bertz CT molecular complexity index is 711. The monoisotopic (exact) mass is 390 g/mol. The highest BCUT2D eigenvalue weighted by molar-refractivity contribution is 5.04. The van der Waals surface area contributed by atoms with Crippen LogP contribution in [0.25, 0.3) is 0 Å². The summed E-state index contributed by atoms with van der Waals surface area (Å²) in [6.45, 7) is 20.5. The zero-order valence-corrected chi connectivity index (χ0v) is 18.5. The fourth-order valence-corrected chi connectivity index (χ4v) is 3.24. The second kappa shape index (κ2) is 7.55. The van der Waals surface area contributed by atoms with Gasteiger partial charge in [0.25, 0.3) is 0 Å². The number of piperazine rings is 1. The highest BCUT2D eigenvalue weighted by Gasteiger charge is 2.31. The SMILES string of the molecule is CC(c1nc(C(C)(C)C)no1)N1CCN(C(C)c2nc(C(C)(C)C)no2)CC1. The van der Waals surface area contributed by atoms with Crippen molar-refractivity contribution in [3.05, 3.63) is 23.4 Å². The minimum absolute atomic E-state index is 0.106. The third-order valence-electron chi connectivity index (χ3n) is 5.38. The standard InChI is InChI=1S/C20H34N6O2/c1-13(15-21-17(23-27-15)19(3,4)5)25-9-11-26(12-10-25)14(2)16-22-18(24-28-16)20(6,7)8/h13-14H,9-12H2,1-8H3. The van der Waals surface area contributed by atoms with Gasteiger partial charge in [-0.25, -0.2) is 0 Å². The second-order valence-electron chi connectivity index (χ2n) is 9.84. The van der Waals surface area contributed by atoms with Gasteiger partial charge in [-0.2, -0.15) is 9.97 Å². The molecule has 3 rings (SSSR count). The summed E-state index contributed by atoms with van der Waals surface area (Å²) in [5.41, 5.74) is -0.211. The van der Waals surface area contributed by atoms with Gasteiger partial charge in [0.05, 0.1) is 12.1 Å². The first-order valence-corrected chi connectivity index (χ1v) is 10.1. The van der Waals surface area contributed by atoms with Crippen molar-refractivity contribution in [2.75, 3.05) is 26.2 Å². The molecule has 8 heteroatoms. The van der Waals surface area contributed by atoms with E-state index in [4.69, 9.17) is 9.05 Å². The van der Waals surface area contributed by atoms with Gasteiger partial charge >= 0.3 is 0 Å². The summed E-state index contributed by atoms with van der Waals surface area (Å²) in [7, 11) is 0. The molecule has 2 atom stereocenters. The first-order valence-electron chi connectivity index (χ1n) is 10.1. The average molecular weight is 391 g/mol. The highest BCUT2D eigenvalue weighted by Crippen LogP contribution is 2.27. The maximum atomic E-state index is 5.53. The van der Waals surface area contributed by atoms with Crippen LogP contribution < -0.4 is 0 Å². The molecular formula is C20H34N6O2. The molecule has 1 aliphatic heterocycles. The molecule has 0 amide bonds. The fourth-order valence-electron chi connectivity index (χ4n) is 3.24. The van der Waals surface area contributed by atoms with Gasteiger partial charge in [0, 0.05) is 37.0 Å². The third kappa shape index (κ3) is 4.43. The molecule has 0 radical (unpaired) electrons. The normalized spacial score (nSPS) is 19.7. The van der Waals surface area contributed by atoms with Gasteiger partial charge in [-0.15, -0.1) is 0 Å². The van der Waals surface area contributed by atoms with Crippen LogP contribution in [-0.2, 0) is 10.8 Å². The summed E-state index contributed by atoms with van der Waals surface area (Å²) < 4.78 is 11.1. The summed E-state index contributed by atoms with van der Waals surface area (Å²) in [6, 6.07) is 0.217. The molecule has 1 aliphatic rings. The van der Waals surface area contributed by atoms with Crippen molar-refractivity contribution in [2.24, 2.45) is 0 Å². The number of hydrogen-bond acceptors (Lipinski definition) is 8. The Morgan fingerprint density at radius 3 is 1.25 bits per heavy atom. The Morgan fingerprint density at radius 2 is 1.00 bits per heavy atom. The smallest absolute Gasteiger partial charge is 0.243 e. The lowest BCUT2D eigenvalue weighted by Gasteiger charge is -2.38. The van der Waals surface area contributed by atoms with Crippen LogP contribution in [0, 0.1) is 0 Å². The van der Waals surface area contributed by atoms with E-state index < -0.39 is 0 Å². The summed E-state index contributed by atoms with van der Waals surface area (Å²) in [5.74, 6) is 2.90. The Balaban J connectivity index is 1.59. The van der Waals surface area contributed by atoms with E-state index in [-0.39, 0.29) is 22.9 Å². The molecule has 8 nitrogen and oxygen atoms in total. The van der Waals surface area contributed by atoms with Crippen molar-refractivity contribution in [1.29, 1.82) is 0 Å². The summed E-state index contributed by atoms with van der Waals surface area (Å²) in [5, 5.41) is 8.31. The predicted octanol–water partition coefficient (Wildman–Crippen LogP) is 3.49. The van der Waals surface area contributed by atoms with Gasteiger partial charge in [0.2, 0.25) is 11.8 Å². The highest BCUT2D eigenvalue weighted by atomic mass is 16.5. The van der Waals surface area contributed by atoms with Crippen molar-refractivity contribution in [3.63, 3.8) is 0 Å². The van der Waals surface area contributed by atoms with E-state index >= 15 is 0 Å². The molecule has 28 heavy (non-hydrogen) atoms. The zero-order chi connectivity index (χ0) is 20.7. The van der Waals surface area contributed by atoms with E-state index in [1.54, 1.807) is 0 Å². The van der Waals surface area contributed by atoms with Crippen LogP contribution in [0.2, 0.25) is 0 Å². The van der Waals surface area contributed by atoms with Crippen LogP contribution in [0.1, 0.15) is 90.9 Å². The minimum atomic E-state index is -0.106. The van der Waals surface area contributed by atoms with Gasteiger partial charge in [-0.1, -0.05) is 51.9 Å². The minimum Gasteiger partial charge on any atom is -0.338 e. The van der Waals surface area contributed by atoms with E-state index in [9.17, 15) is 0 Å². The first kappa shape index (κ1) is 20.9. The molecule has 156 valence electrons. The predicted molar refractivity (Wildman–Crippen MR) is 106 cm³/mol. The number of aromatic nitrogens is 4. The third-order valence-corrected chi connectivity index (χ3v) is 5.38. The Morgan fingerprint density at radius 1 is 0.679 bits per heavy atom. The van der Waals surface area contributed by atoms with Crippen LogP contribution in [0.5, 0.6) is 0 Å².